The molecule has 0 bridgehead atoms. The van der Waals surface area contributed by atoms with Gasteiger partial charge in [0.05, 0.1) is 0 Å². The minimum absolute atomic E-state index is 0.0958. The van der Waals surface area contributed by atoms with Crippen LogP contribution in [0.25, 0.3) is 0 Å². The van der Waals surface area contributed by atoms with Crippen molar-refractivity contribution in [2.24, 2.45) is 11.3 Å². The lowest BCUT2D eigenvalue weighted by Crippen LogP contribution is -2.33. The number of amides is 3. The SMILES string of the molecule is Cc1cccc(NC(=O)N2CC[C@]3(C[C@H]3C(=O)Nc3cccc(F)c3)C2)c1. The molecule has 0 aromatic heterocycles. The van der Waals surface area contributed by atoms with E-state index >= 15 is 0 Å². The summed E-state index contributed by atoms with van der Waals surface area (Å²) in [6, 6.07) is 13.4. The highest BCUT2D eigenvalue weighted by atomic mass is 19.1. The van der Waals surface area contributed by atoms with Gasteiger partial charge in [0.1, 0.15) is 5.82 Å². The summed E-state index contributed by atoms with van der Waals surface area (Å²) in [7, 11) is 0. The van der Waals surface area contributed by atoms with Crippen LogP contribution in [-0.4, -0.2) is 29.9 Å². The fourth-order valence-corrected chi connectivity index (χ4v) is 3.96. The molecule has 1 heterocycles. The quantitative estimate of drug-likeness (QED) is 0.861. The number of rotatable bonds is 3. The molecule has 2 N–H and O–H groups in total. The van der Waals surface area contributed by atoms with Gasteiger partial charge in [-0.05, 0) is 55.7 Å². The van der Waals surface area contributed by atoms with E-state index in [2.05, 4.69) is 10.6 Å². The molecule has 1 aliphatic heterocycles. The van der Waals surface area contributed by atoms with E-state index in [9.17, 15) is 14.0 Å². The summed E-state index contributed by atoms with van der Waals surface area (Å²) in [6.45, 7) is 3.19. The summed E-state index contributed by atoms with van der Waals surface area (Å²) in [5.74, 6) is -0.600. The number of urea groups is 1. The molecule has 1 aliphatic carbocycles. The van der Waals surface area contributed by atoms with Gasteiger partial charge in [-0.1, -0.05) is 18.2 Å². The maximum absolute atomic E-state index is 13.3. The standard InChI is InChI=1S/C21H22FN3O2/c1-14-4-2-6-16(10-14)24-20(27)25-9-8-21(13-25)12-18(21)19(26)23-17-7-3-5-15(22)11-17/h2-7,10-11,18H,8-9,12-13H2,1H3,(H,23,26)(H,24,27)/t18-,21-/m0/s1. The Balaban J connectivity index is 1.34. The van der Waals surface area contributed by atoms with E-state index in [1.807, 2.05) is 31.2 Å². The predicted octanol–water partition coefficient (Wildman–Crippen LogP) is 4.02. The van der Waals surface area contributed by atoms with Gasteiger partial charge in [-0.25, -0.2) is 9.18 Å². The van der Waals surface area contributed by atoms with Crippen molar-refractivity contribution in [1.29, 1.82) is 0 Å². The Hall–Kier alpha value is -2.89. The zero-order valence-corrected chi connectivity index (χ0v) is 15.2. The average Bonchev–Trinajstić information content (AvgIpc) is 3.15. The third kappa shape index (κ3) is 3.65. The lowest BCUT2D eigenvalue weighted by molar-refractivity contribution is -0.118. The van der Waals surface area contributed by atoms with Crippen LogP contribution in [0.3, 0.4) is 0 Å². The minimum atomic E-state index is -0.377. The van der Waals surface area contributed by atoms with Crippen molar-refractivity contribution in [2.45, 2.75) is 19.8 Å². The molecule has 2 aliphatic rings. The number of hydrogen-bond acceptors (Lipinski definition) is 2. The fraction of sp³-hybridized carbons (Fsp3) is 0.333. The van der Waals surface area contributed by atoms with E-state index in [-0.39, 0.29) is 29.1 Å². The van der Waals surface area contributed by atoms with Crippen LogP contribution >= 0.6 is 0 Å². The average molecular weight is 367 g/mol. The molecule has 3 amide bonds. The number of nitrogens with one attached hydrogen (secondary N) is 2. The molecule has 2 atom stereocenters. The van der Waals surface area contributed by atoms with Crippen LogP contribution in [0.5, 0.6) is 0 Å². The van der Waals surface area contributed by atoms with Crippen molar-refractivity contribution in [2.75, 3.05) is 23.7 Å². The zero-order chi connectivity index (χ0) is 19.0. The third-order valence-corrected chi connectivity index (χ3v) is 5.54. The normalized spacial score (nSPS) is 23.3. The molecule has 1 saturated carbocycles. The Bertz CT molecular complexity index is 841. The predicted molar refractivity (Wildman–Crippen MR) is 102 cm³/mol. The summed E-state index contributed by atoms with van der Waals surface area (Å²) in [5, 5.41) is 5.71. The first kappa shape index (κ1) is 17.5. The van der Waals surface area contributed by atoms with Gasteiger partial charge in [0.25, 0.3) is 0 Å². The van der Waals surface area contributed by atoms with Crippen molar-refractivity contribution in [3.05, 3.63) is 59.9 Å². The highest BCUT2D eigenvalue weighted by Gasteiger charge is 2.61. The fourth-order valence-electron chi connectivity index (χ4n) is 3.96. The molecular formula is C21H22FN3O2. The summed E-state index contributed by atoms with van der Waals surface area (Å²) in [5.41, 5.74) is 2.19. The van der Waals surface area contributed by atoms with E-state index in [1.165, 1.54) is 12.1 Å². The highest BCUT2D eigenvalue weighted by Crippen LogP contribution is 2.58. The van der Waals surface area contributed by atoms with Crippen LogP contribution in [0.15, 0.2) is 48.5 Å². The summed E-state index contributed by atoms with van der Waals surface area (Å²) < 4.78 is 13.3. The van der Waals surface area contributed by atoms with Crippen LogP contribution in [0, 0.1) is 24.1 Å². The molecule has 0 radical (unpaired) electrons. The number of carbonyl (C=O) groups excluding carboxylic acids is 2. The van der Waals surface area contributed by atoms with Gasteiger partial charge in [0.2, 0.25) is 5.91 Å². The van der Waals surface area contributed by atoms with Gasteiger partial charge < -0.3 is 15.5 Å². The van der Waals surface area contributed by atoms with E-state index in [0.29, 0.717) is 18.8 Å². The molecule has 27 heavy (non-hydrogen) atoms. The largest absolute Gasteiger partial charge is 0.326 e. The number of carbonyl (C=O) groups is 2. The topological polar surface area (TPSA) is 61.4 Å². The molecule has 0 unspecified atom stereocenters. The van der Waals surface area contributed by atoms with Gasteiger partial charge in [-0.2, -0.15) is 0 Å². The molecule has 4 rings (SSSR count). The zero-order valence-electron chi connectivity index (χ0n) is 15.2. The van der Waals surface area contributed by atoms with E-state index < -0.39 is 0 Å². The van der Waals surface area contributed by atoms with Gasteiger partial charge in [0.15, 0.2) is 0 Å². The first-order chi connectivity index (χ1) is 12.9. The summed E-state index contributed by atoms with van der Waals surface area (Å²) in [4.78, 5) is 26.8. The highest BCUT2D eigenvalue weighted by molar-refractivity contribution is 5.95. The van der Waals surface area contributed by atoms with E-state index in [0.717, 1.165) is 24.1 Å². The number of hydrogen-bond donors (Lipinski definition) is 2. The Morgan fingerprint density at radius 1 is 1.11 bits per heavy atom. The first-order valence-corrected chi connectivity index (χ1v) is 9.14. The van der Waals surface area contributed by atoms with Crippen molar-refractivity contribution in [3.63, 3.8) is 0 Å². The lowest BCUT2D eigenvalue weighted by Gasteiger charge is -2.18. The van der Waals surface area contributed by atoms with Crippen LogP contribution in [0.2, 0.25) is 0 Å². The van der Waals surface area contributed by atoms with Gasteiger partial charge in [-0.3, -0.25) is 4.79 Å². The molecule has 1 spiro atoms. The molecule has 2 aromatic carbocycles. The second-order valence-electron chi connectivity index (χ2n) is 7.59. The number of likely N-dealkylation sites (tertiary alicyclic amines) is 1. The van der Waals surface area contributed by atoms with Crippen LogP contribution in [-0.2, 0) is 4.79 Å². The second kappa shape index (κ2) is 6.68. The van der Waals surface area contributed by atoms with Gasteiger partial charge in [-0.15, -0.1) is 0 Å². The van der Waals surface area contributed by atoms with E-state index in [1.54, 1.807) is 17.0 Å². The molecule has 2 aromatic rings. The maximum Gasteiger partial charge on any atom is 0.321 e. The minimum Gasteiger partial charge on any atom is -0.326 e. The first-order valence-electron chi connectivity index (χ1n) is 9.14. The summed E-state index contributed by atoms with van der Waals surface area (Å²) >= 11 is 0. The van der Waals surface area contributed by atoms with Gasteiger partial charge in [0, 0.05) is 35.8 Å². The Morgan fingerprint density at radius 2 is 1.85 bits per heavy atom. The number of anilines is 2. The summed E-state index contributed by atoms with van der Waals surface area (Å²) in [6.07, 6.45) is 1.58. The monoisotopic (exact) mass is 367 g/mol. The third-order valence-electron chi connectivity index (χ3n) is 5.54. The van der Waals surface area contributed by atoms with Crippen molar-refractivity contribution >= 4 is 23.3 Å². The van der Waals surface area contributed by atoms with Crippen molar-refractivity contribution < 1.29 is 14.0 Å². The van der Waals surface area contributed by atoms with Crippen molar-refractivity contribution in [3.8, 4) is 0 Å². The molecule has 2 fully saturated rings. The molecule has 6 heteroatoms. The molecule has 140 valence electrons. The molecule has 5 nitrogen and oxygen atoms in total. The Labute approximate surface area is 157 Å². The van der Waals surface area contributed by atoms with Gasteiger partial charge >= 0.3 is 6.03 Å². The molecular weight excluding hydrogens is 345 g/mol. The second-order valence-corrected chi connectivity index (χ2v) is 7.59. The van der Waals surface area contributed by atoms with E-state index in [4.69, 9.17) is 0 Å². The number of halogens is 1. The molecule has 1 saturated heterocycles. The number of nitrogens with zero attached hydrogens (tertiary/aromatic N) is 1. The van der Waals surface area contributed by atoms with Crippen molar-refractivity contribution in [1.82, 2.24) is 4.90 Å². The van der Waals surface area contributed by atoms with Crippen LogP contribution in [0.4, 0.5) is 20.6 Å². The smallest absolute Gasteiger partial charge is 0.321 e. The number of aryl methyl sites for hydroxylation is 1. The maximum atomic E-state index is 13.3. The Morgan fingerprint density at radius 3 is 2.59 bits per heavy atom. The Kier molecular flexibility index (Phi) is 4.34. The lowest BCUT2D eigenvalue weighted by atomic mass is 10.0. The van der Waals surface area contributed by atoms with Crippen LogP contribution in [0.1, 0.15) is 18.4 Å². The number of benzene rings is 2. The van der Waals surface area contributed by atoms with Crippen LogP contribution < -0.4 is 10.6 Å².